The Labute approximate surface area is 240 Å². The number of furan rings is 2. The molecule has 0 aliphatic heterocycles. The summed E-state index contributed by atoms with van der Waals surface area (Å²) >= 11 is 0. The van der Waals surface area contributed by atoms with Crippen LogP contribution in [0.2, 0.25) is 0 Å². The summed E-state index contributed by atoms with van der Waals surface area (Å²) in [6, 6.07) is 22.9. The molecule has 0 amide bonds. The Kier molecular flexibility index (Phi) is 3.09. The summed E-state index contributed by atoms with van der Waals surface area (Å²) in [6.45, 7) is 0. The Morgan fingerprint density at radius 3 is 1.70 bits per heavy atom. The Morgan fingerprint density at radius 2 is 0.975 bits per heavy atom. The van der Waals surface area contributed by atoms with E-state index in [1.54, 1.807) is 18.2 Å². The third kappa shape index (κ3) is 2.93. The van der Waals surface area contributed by atoms with Gasteiger partial charge in [-0.2, -0.15) is 0 Å². The zero-order chi connectivity index (χ0) is 33.2. The third-order valence-corrected chi connectivity index (χ3v) is 7.71. The lowest BCUT2D eigenvalue weighted by Gasteiger charge is -2.18. The van der Waals surface area contributed by atoms with Gasteiger partial charge in [0.15, 0.2) is 0 Å². The van der Waals surface area contributed by atoms with Crippen molar-refractivity contribution in [3.8, 4) is 22.3 Å². The first-order valence-corrected chi connectivity index (χ1v) is 13.0. The average Bonchev–Trinajstić information content (AvgIpc) is 3.68. The van der Waals surface area contributed by atoms with Crippen molar-refractivity contribution >= 4 is 65.4 Å². The van der Waals surface area contributed by atoms with Gasteiger partial charge in [-0.05, 0) is 74.1 Å². The largest absolute Gasteiger partial charge is 0.456 e. The number of para-hydroxylation sites is 2. The van der Waals surface area contributed by atoms with Gasteiger partial charge in [-0.15, -0.1) is 0 Å². The minimum atomic E-state index is -0.448. The molecule has 186 valence electrons. The zero-order valence-electron chi connectivity index (χ0n) is 28.9. The van der Waals surface area contributed by atoms with Gasteiger partial charge < -0.3 is 8.83 Å². The van der Waals surface area contributed by atoms with E-state index < -0.39 is 24.2 Å². The monoisotopic (exact) mass is 518 g/mol. The van der Waals surface area contributed by atoms with Gasteiger partial charge in [-0.1, -0.05) is 103 Å². The Balaban J connectivity index is 1.57. The first kappa shape index (κ1) is 15.3. The van der Waals surface area contributed by atoms with Gasteiger partial charge in [0.2, 0.25) is 0 Å². The molecule has 0 bridgehead atoms. The zero-order valence-corrected chi connectivity index (χ0v) is 20.9. The second-order valence-electron chi connectivity index (χ2n) is 9.84. The molecule has 0 saturated heterocycles. The summed E-state index contributed by atoms with van der Waals surface area (Å²) in [4.78, 5) is 0. The van der Waals surface area contributed by atoms with Crippen LogP contribution in [0.3, 0.4) is 0 Å². The molecule has 40 heavy (non-hydrogen) atoms. The van der Waals surface area contributed by atoms with Crippen molar-refractivity contribution in [1.29, 1.82) is 0 Å². The van der Waals surface area contributed by atoms with Crippen LogP contribution in [0.4, 0.5) is 0 Å². The molecule has 0 radical (unpaired) electrons. The van der Waals surface area contributed by atoms with E-state index in [1.807, 2.05) is 66.7 Å². The van der Waals surface area contributed by atoms with Gasteiger partial charge in [0, 0.05) is 21.5 Å². The van der Waals surface area contributed by atoms with Gasteiger partial charge in [0.05, 0.1) is 11.0 Å². The van der Waals surface area contributed by atoms with E-state index in [0.717, 1.165) is 16.2 Å². The quantitative estimate of drug-likeness (QED) is 0.213. The molecule has 2 nitrogen and oxygen atoms in total. The van der Waals surface area contributed by atoms with E-state index in [4.69, 9.17) is 14.3 Å². The molecule has 0 saturated carbocycles. The molecule has 0 N–H and O–H groups in total. The van der Waals surface area contributed by atoms with Crippen LogP contribution in [0.25, 0.3) is 87.7 Å². The summed E-state index contributed by atoms with van der Waals surface area (Å²) in [6.07, 6.45) is 0. The molecule has 9 aromatic rings. The van der Waals surface area contributed by atoms with Gasteiger partial charge in [0.1, 0.15) is 22.3 Å². The Hall–Kier alpha value is -5.34. The molecule has 0 atom stereocenters. The lowest BCUT2D eigenvalue weighted by molar-refractivity contribution is 0.668. The normalized spacial score (nSPS) is 14.8. The standard InChI is InChI=1S/C38H22O2/c1-3-13-28-26(11-1)36(23-20-21-25-24-10-5-7-17-32(24)40-35(25)22-23)27-12-2-4-14-29(27)37(28)31-16-9-19-34-38(31)30-15-6-8-18-33(30)39-34/h1-22H/i1D,2D,3D,4D,11D,12D,13D,14D. The molecule has 0 fully saturated rings. The fourth-order valence-corrected chi connectivity index (χ4v) is 6.05. The lowest BCUT2D eigenvalue weighted by atomic mass is 9.85. The predicted molar refractivity (Wildman–Crippen MR) is 167 cm³/mol. The van der Waals surface area contributed by atoms with Crippen molar-refractivity contribution in [3.63, 3.8) is 0 Å². The topological polar surface area (TPSA) is 26.3 Å². The van der Waals surface area contributed by atoms with Crippen LogP contribution in [-0.2, 0) is 0 Å². The summed E-state index contributed by atoms with van der Waals surface area (Å²) in [5.74, 6) is 0. The molecule has 2 aromatic heterocycles. The maximum absolute atomic E-state index is 9.28. The molecule has 7 aromatic carbocycles. The Bertz CT molecular complexity index is 2800. The molecule has 2 heterocycles. The van der Waals surface area contributed by atoms with Crippen molar-refractivity contribution in [2.75, 3.05) is 0 Å². The molecule has 2 heteroatoms. The maximum Gasteiger partial charge on any atom is 0.136 e. The molecular weight excluding hydrogens is 488 g/mol. The van der Waals surface area contributed by atoms with E-state index in [9.17, 15) is 5.48 Å². The average molecular weight is 519 g/mol. The Morgan fingerprint density at radius 1 is 0.425 bits per heavy atom. The van der Waals surface area contributed by atoms with Crippen LogP contribution in [0, 0.1) is 0 Å². The summed E-state index contributed by atoms with van der Waals surface area (Å²) < 4.78 is 84.4. The second-order valence-corrected chi connectivity index (χ2v) is 9.84. The minimum Gasteiger partial charge on any atom is -0.456 e. The highest BCUT2D eigenvalue weighted by Crippen LogP contribution is 2.47. The van der Waals surface area contributed by atoms with Gasteiger partial charge >= 0.3 is 0 Å². The molecule has 0 aliphatic rings. The van der Waals surface area contributed by atoms with Crippen LogP contribution >= 0.6 is 0 Å². The number of benzene rings is 7. The third-order valence-electron chi connectivity index (χ3n) is 7.71. The molecule has 0 unspecified atom stereocenters. The second kappa shape index (κ2) is 8.08. The number of hydrogen-bond donors (Lipinski definition) is 0. The van der Waals surface area contributed by atoms with Crippen molar-refractivity contribution in [1.82, 2.24) is 0 Å². The molecular formula is C38H22O2. The highest BCUT2D eigenvalue weighted by molar-refractivity contribution is 6.26. The highest BCUT2D eigenvalue weighted by atomic mass is 16.3. The SMILES string of the molecule is [2H]c1c([2H])c([2H])c2c(-c3cccc4oc5ccccc5c34)c3c([2H])c([2H])c([2H])c([2H])c3c(-c3ccc4c(c3)oc3ccccc34)c2c1[2H]. The molecule has 0 spiro atoms. The fraction of sp³-hybridized carbons (Fsp3) is 0. The number of fused-ring (bicyclic) bond motifs is 8. The first-order valence-electron chi connectivity index (χ1n) is 17.0. The lowest BCUT2D eigenvalue weighted by Crippen LogP contribution is -1.91. The number of hydrogen-bond acceptors (Lipinski definition) is 2. The maximum atomic E-state index is 9.28. The summed E-state index contributed by atoms with van der Waals surface area (Å²) in [5.41, 5.74) is 3.95. The van der Waals surface area contributed by atoms with Gasteiger partial charge in [-0.3, -0.25) is 0 Å². The molecule has 0 aliphatic carbocycles. The minimum absolute atomic E-state index is 0.147. The van der Waals surface area contributed by atoms with Crippen LogP contribution in [-0.4, -0.2) is 0 Å². The smallest absolute Gasteiger partial charge is 0.136 e. The fourth-order valence-electron chi connectivity index (χ4n) is 6.05. The van der Waals surface area contributed by atoms with Crippen molar-refractivity contribution in [2.24, 2.45) is 0 Å². The van der Waals surface area contributed by atoms with Crippen molar-refractivity contribution in [2.45, 2.75) is 0 Å². The van der Waals surface area contributed by atoms with E-state index >= 15 is 0 Å². The summed E-state index contributed by atoms with van der Waals surface area (Å²) in [5, 5.41) is 3.79. The van der Waals surface area contributed by atoms with Crippen LogP contribution in [0.1, 0.15) is 11.0 Å². The van der Waals surface area contributed by atoms with Crippen LogP contribution in [0.5, 0.6) is 0 Å². The van der Waals surface area contributed by atoms with E-state index in [1.165, 1.54) is 0 Å². The highest BCUT2D eigenvalue weighted by Gasteiger charge is 2.20. The van der Waals surface area contributed by atoms with Gasteiger partial charge in [0.25, 0.3) is 0 Å². The number of rotatable bonds is 2. The molecule has 9 rings (SSSR count). The summed E-state index contributed by atoms with van der Waals surface area (Å²) in [7, 11) is 0. The van der Waals surface area contributed by atoms with Crippen molar-refractivity contribution in [3.05, 3.63) is 133 Å². The van der Waals surface area contributed by atoms with Crippen molar-refractivity contribution < 1.29 is 19.8 Å². The first-order chi connectivity index (χ1) is 23.2. The van der Waals surface area contributed by atoms with Gasteiger partial charge in [-0.25, -0.2) is 0 Å². The van der Waals surface area contributed by atoms with E-state index in [0.29, 0.717) is 38.8 Å². The predicted octanol–water partition coefficient (Wildman–Crippen LogP) is 11.1. The van der Waals surface area contributed by atoms with Crippen LogP contribution in [0.15, 0.2) is 142 Å². The van der Waals surface area contributed by atoms with E-state index in [2.05, 4.69) is 0 Å². The van der Waals surface area contributed by atoms with Crippen LogP contribution < -0.4 is 0 Å². The van der Waals surface area contributed by atoms with E-state index in [-0.39, 0.29) is 56.8 Å².